The number of benzene rings is 1. The summed E-state index contributed by atoms with van der Waals surface area (Å²) < 4.78 is 116. The van der Waals surface area contributed by atoms with Gasteiger partial charge in [-0.05, 0) is 0 Å². The van der Waals surface area contributed by atoms with Crippen molar-refractivity contribution in [2.24, 2.45) is 0 Å². The molecule has 0 spiro atoms. The Labute approximate surface area is 139 Å². The van der Waals surface area contributed by atoms with Crippen LogP contribution >= 0.6 is 0 Å². The molecule has 3 N–H and O–H groups in total. The smallest absolute Gasteiger partial charge is 0.332 e. The van der Waals surface area contributed by atoms with Crippen molar-refractivity contribution >= 4 is 33.1 Å². The monoisotopic (exact) mass is 402 g/mol. The minimum atomic E-state index is -5.02. The molecule has 0 unspecified atom stereocenters. The first-order valence-electron chi connectivity index (χ1n) is 6.79. The van der Waals surface area contributed by atoms with E-state index in [1.165, 1.54) is 0 Å². The highest BCUT2D eigenvalue weighted by atomic mass is 19.4. The summed E-state index contributed by atoms with van der Waals surface area (Å²) in [7, 11) is 0. The second-order valence-corrected chi connectivity index (χ2v) is 5.42. The minimum absolute atomic E-state index is 0.592. The maximum absolute atomic E-state index is 12.9. The number of imidazole rings is 3. The second-order valence-electron chi connectivity index (χ2n) is 5.42. The number of aromatic nitrogens is 6. The van der Waals surface area contributed by atoms with Gasteiger partial charge in [0.25, 0.3) is 0 Å². The van der Waals surface area contributed by atoms with Crippen molar-refractivity contribution in [1.82, 2.24) is 29.9 Å². The van der Waals surface area contributed by atoms with Gasteiger partial charge in [-0.15, -0.1) is 0 Å². The zero-order valence-corrected chi connectivity index (χ0v) is 12.2. The van der Waals surface area contributed by atoms with Gasteiger partial charge in [0.2, 0.25) is 17.5 Å². The largest absolute Gasteiger partial charge is 0.449 e. The van der Waals surface area contributed by atoms with E-state index < -0.39 is 69.1 Å². The van der Waals surface area contributed by atoms with E-state index in [4.69, 9.17) is 0 Å². The molecule has 0 radical (unpaired) electrons. The Balaban J connectivity index is 2.19. The molecule has 0 saturated carbocycles. The van der Waals surface area contributed by atoms with Crippen LogP contribution in [-0.2, 0) is 18.5 Å². The zero-order chi connectivity index (χ0) is 19.9. The lowest BCUT2D eigenvalue weighted by Gasteiger charge is -1.99. The van der Waals surface area contributed by atoms with Crippen LogP contribution in [-0.4, -0.2) is 29.9 Å². The maximum atomic E-state index is 12.9. The number of alkyl halides is 9. The fourth-order valence-corrected chi connectivity index (χ4v) is 2.58. The van der Waals surface area contributed by atoms with Gasteiger partial charge in [0.15, 0.2) is 0 Å². The third kappa shape index (κ3) is 2.56. The molecular weight excluding hydrogens is 399 g/mol. The molecule has 1 aromatic carbocycles. The number of aromatic amines is 3. The van der Waals surface area contributed by atoms with E-state index in [0.717, 1.165) is 0 Å². The highest BCUT2D eigenvalue weighted by molar-refractivity contribution is 6.18. The number of nitrogens with zero attached hydrogens (tertiary/aromatic N) is 3. The van der Waals surface area contributed by atoms with Gasteiger partial charge in [-0.25, -0.2) is 15.0 Å². The SMILES string of the molecule is FC(F)(F)c1nc2c3nc(C(F)(F)F)[nH]c3c3[nH]c(C(F)(F)F)nc3c2[nH]1. The first-order valence-corrected chi connectivity index (χ1v) is 6.79. The fraction of sp³-hybridized carbons (Fsp3) is 0.250. The van der Waals surface area contributed by atoms with E-state index >= 15 is 0 Å². The van der Waals surface area contributed by atoms with E-state index in [0.29, 0.717) is 0 Å². The molecule has 0 fully saturated rings. The summed E-state index contributed by atoms with van der Waals surface area (Å²) in [5.41, 5.74) is -3.87. The Morgan fingerprint density at radius 1 is 0.444 bits per heavy atom. The van der Waals surface area contributed by atoms with Gasteiger partial charge in [-0.1, -0.05) is 0 Å². The van der Waals surface area contributed by atoms with Crippen molar-refractivity contribution in [2.45, 2.75) is 18.5 Å². The van der Waals surface area contributed by atoms with Crippen LogP contribution in [0.4, 0.5) is 39.5 Å². The molecule has 27 heavy (non-hydrogen) atoms. The molecular formula is C12H3F9N6. The first kappa shape index (κ1) is 17.4. The number of nitrogens with one attached hydrogen (secondary N) is 3. The van der Waals surface area contributed by atoms with E-state index in [1.54, 1.807) is 15.0 Å². The fourth-order valence-electron chi connectivity index (χ4n) is 2.58. The number of hydrogen-bond donors (Lipinski definition) is 3. The summed E-state index contributed by atoms with van der Waals surface area (Å²) in [6, 6.07) is 0. The van der Waals surface area contributed by atoms with Crippen molar-refractivity contribution < 1.29 is 39.5 Å². The molecule has 15 heteroatoms. The maximum Gasteiger partial charge on any atom is 0.449 e. The predicted octanol–water partition coefficient (Wildman–Crippen LogP) is 4.37. The third-order valence-corrected chi connectivity index (χ3v) is 3.63. The Bertz CT molecular complexity index is 940. The molecule has 144 valence electrons. The van der Waals surface area contributed by atoms with Crippen LogP contribution < -0.4 is 0 Å². The van der Waals surface area contributed by atoms with Crippen LogP contribution in [0.2, 0.25) is 0 Å². The van der Waals surface area contributed by atoms with Gasteiger partial charge < -0.3 is 15.0 Å². The molecule has 4 aromatic rings. The molecule has 3 heterocycles. The Morgan fingerprint density at radius 3 is 1.15 bits per heavy atom. The number of hydrogen-bond acceptors (Lipinski definition) is 3. The molecule has 0 aliphatic carbocycles. The lowest BCUT2D eigenvalue weighted by atomic mass is 10.2. The standard InChI is InChI=1S/C12H3F9N6/c13-10(14,15)7-22-1-2(23-7)4-6(27-9(26-4)12(19,20)21)5-3(1)24-8(25-5)11(16,17)18/h(H,22,23)(H,24,25)(H,26,27). The Morgan fingerprint density at radius 2 is 0.741 bits per heavy atom. The Kier molecular flexibility index (Phi) is 3.12. The molecule has 4 rings (SSSR count). The van der Waals surface area contributed by atoms with Gasteiger partial charge >= 0.3 is 18.5 Å². The van der Waals surface area contributed by atoms with E-state index in [2.05, 4.69) is 15.0 Å². The summed E-state index contributed by atoms with van der Waals surface area (Å²) in [4.78, 5) is 14.8. The number of halogens is 9. The highest BCUT2D eigenvalue weighted by Gasteiger charge is 2.40. The van der Waals surface area contributed by atoms with Gasteiger partial charge in [0.1, 0.15) is 16.6 Å². The Hall–Kier alpha value is -3.00. The van der Waals surface area contributed by atoms with Crippen molar-refractivity contribution in [3.05, 3.63) is 17.5 Å². The quantitative estimate of drug-likeness (QED) is 0.382. The van der Waals surface area contributed by atoms with E-state index in [-0.39, 0.29) is 0 Å². The average molecular weight is 402 g/mol. The molecule has 0 amide bonds. The zero-order valence-electron chi connectivity index (χ0n) is 12.2. The summed E-state index contributed by atoms with van der Waals surface area (Å²) in [6.07, 6.45) is -15.1. The van der Waals surface area contributed by atoms with Crippen LogP contribution in [0.5, 0.6) is 0 Å². The van der Waals surface area contributed by atoms with Crippen LogP contribution in [0.25, 0.3) is 33.1 Å². The predicted molar refractivity (Wildman–Crippen MR) is 70.4 cm³/mol. The molecule has 3 aromatic heterocycles. The summed E-state index contributed by atoms with van der Waals surface area (Å²) in [5.74, 6) is -4.82. The van der Waals surface area contributed by atoms with Crippen molar-refractivity contribution in [3.63, 3.8) is 0 Å². The number of fused-ring (bicyclic) bond motifs is 6. The third-order valence-electron chi connectivity index (χ3n) is 3.63. The van der Waals surface area contributed by atoms with Gasteiger partial charge in [-0.3, -0.25) is 0 Å². The summed E-state index contributed by atoms with van der Waals surface area (Å²) in [5, 5.41) is 0. The van der Waals surface area contributed by atoms with Crippen LogP contribution in [0.1, 0.15) is 17.5 Å². The highest BCUT2D eigenvalue weighted by Crippen LogP contribution is 2.39. The first-order chi connectivity index (χ1) is 12.3. The molecule has 6 nitrogen and oxygen atoms in total. The van der Waals surface area contributed by atoms with Crippen LogP contribution in [0.15, 0.2) is 0 Å². The van der Waals surface area contributed by atoms with Gasteiger partial charge in [0, 0.05) is 0 Å². The molecule has 0 bridgehead atoms. The van der Waals surface area contributed by atoms with Crippen molar-refractivity contribution in [3.8, 4) is 0 Å². The van der Waals surface area contributed by atoms with Crippen molar-refractivity contribution in [2.75, 3.05) is 0 Å². The van der Waals surface area contributed by atoms with Gasteiger partial charge in [0.05, 0.1) is 16.6 Å². The van der Waals surface area contributed by atoms with E-state index in [9.17, 15) is 39.5 Å². The lowest BCUT2D eigenvalue weighted by molar-refractivity contribution is -0.145. The average Bonchev–Trinajstić information content (AvgIpc) is 3.19. The van der Waals surface area contributed by atoms with Crippen molar-refractivity contribution in [1.29, 1.82) is 0 Å². The number of rotatable bonds is 0. The molecule has 0 aliphatic rings. The van der Waals surface area contributed by atoms with E-state index in [1.807, 2.05) is 0 Å². The topological polar surface area (TPSA) is 86.0 Å². The number of H-pyrrole nitrogens is 3. The second kappa shape index (κ2) is 4.83. The molecule has 0 atom stereocenters. The summed E-state index contributed by atoms with van der Waals surface area (Å²) >= 11 is 0. The normalized spacial score (nSPS) is 14.1. The summed E-state index contributed by atoms with van der Waals surface area (Å²) in [6.45, 7) is 0. The van der Waals surface area contributed by atoms with Crippen LogP contribution in [0.3, 0.4) is 0 Å². The molecule has 0 saturated heterocycles. The lowest BCUT2D eigenvalue weighted by Crippen LogP contribution is -2.07. The molecule has 0 aliphatic heterocycles. The van der Waals surface area contributed by atoms with Crippen LogP contribution in [0, 0.1) is 0 Å². The van der Waals surface area contributed by atoms with Gasteiger partial charge in [-0.2, -0.15) is 39.5 Å². The minimum Gasteiger partial charge on any atom is -0.332 e.